The lowest BCUT2D eigenvalue weighted by molar-refractivity contribution is -0.218. The first-order valence-electron chi connectivity index (χ1n) is 13.0. The molecule has 3 aromatic rings. The first-order valence-corrected chi connectivity index (χ1v) is 14.4. The number of benzene rings is 3. The van der Waals surface area contributed by atoms with Crippen molar-refractivity contribution < 1.29 is 39.5 Å². The van der Waals surface area contributed by atoms with E-state index < -0.39 is 48.3 Å². The van der Waals surface area contributed by atoms with E-state index in [4.69, 9.17) is 26.8 Å². The van der Waals surface area contributed by atoms with Gasteiger partial charge in [-0.3, -0.25) is 9.59 Å². The van der Waals surface area contributed by atoms with E-state index in [0.29, 0.717) is 23.6 Å². The molecule has 1 saturated heterocycles. The molecule has 0 saturated carbocycles. The Bertz CT molecular complexity index is 1340. The molecule has 3 aromatic carbocycles. The van der Waals surface area contributed by atoms with E-state index in [1.807, 2.05) is 37.3 Å². The second-order valence-corrected chi connectivity index (χ2v) is 11.2. The summed E-state index contributed by atoms with van der Waals surface area (Å²) in [6.07, 6.45) is -5.36. The zero-order valence-electron chi connectivity index (χ0n) is 22.2. The molecule has 1 heterocycles. The van der Waals surface area contributed by atoms with E-state index >= 15 is 0 Å². The molecule has 0 spiro atoms. The van der Waals surface area contributed by atoms with Crippen molar-refractivity contribution in [3.63, 3.8) is 0 Å². The molecule has 11 heteroatoms. The Hall–Kier alpha value is -3.12. The van der Waals surface area contributed by atoms with Crippen LogP contribution in [0.4, 0.5) is 0 Å². The van der Waals surface area contributed by atoms with Crippen molar-refractivity contribution in [2.75, 3.05) is 12.4 Å². The normalized spacial score (nSPS) is 23.1. The van der Waals surface area contributed by atoms with Crippen molar-refractivity contribution in [1.29, 1.82) is 0 Å². The number of aliphatic carboxylic acids is 1. The highest BCUT2D eigenvalue weighted by molar-refractivity contribution is 7.99. The summed E-state index contributed by atoms with van der Waals surface area (Å²) in [5.74, 6) is -2.74. The van der Waals surface area contributed by atoms with Gasteiger partial charge >= 0.3 is 5.97 Å². The highest BCUT2D eigenvalue weighted by Crippen LogP contribution is 2.36. The van der Waals surface area contributed by atoms with Gasteiger partial charge in [-0.25, -0.2) is 0 Å². The monoisotopic (exact) mass is 601 g/mol. The Labute approximate surface area is 246 Å². The summed E-state index contributed by atoms with van der Waals surface area (Å²) in [7, 11) is 0. The maximum absolute atomic E-state index is 11.5. The number of nitrogens with two attached hydrogens (primary N) is 1. The number of thioether (sulfide) groups is 1. The van der Waals surface area contributed by atoms with Crippen LogP contribution in [0.25, 0.3) is 0 Å². The van der Waals surface area contributed by atoms with E-state index in [1.54, 1.807) is 24.3 Å². The number of carboxylic acid groups (broad SMARTS) is 1. The molecule has 1 amide bonds. The Kier molecular flexibility index (Phi) is 10.3. The van der Waals surface area contributed by atoms with Gasteiger partial charge in [0.05, 0.1) is 12.7 Å². The SMILES string of the molecule is CCOc1ccc(Cc2cc([C@@H]3O[C@H](CSc4ccc(C(C(N)=O)C(=O)O)cc4)[C@@H](O)[C@H](O)[C@H]3O)ccc2Cl)cc1. The minimum atomic E-state index is -1.45. The number of aliphatic hydroxyl groups is 3. The van der Waals surface area contributed by atoms with Crippen molar-refractivity contribution in [3.8, 4) is 5.75 Å². The number of halogens is 1. The third-order valence-corrected chi connectivity index (χ3v) is 8.37. The number of carboxylic acids is 1. The van der Waals surface area contributed by atoms with Gasteiger partial charge in [-0.2, -0.15) is 0 Å². The van der Waals surface area contributed by atoms with E-state index in [1.165, 1.54) is 23.9 Å². The number of aliphatic hydroxyl groups excluding tert-OH is 3. The van der Waals surface area contributed by atoms with E-state index in [2.05, 4.69) is 0 Å². The average molecular weight is 602 g/mol. The van der Waals surface area contributed by atoms with Gasteiger partial charge in [-0.05, 0) is 65.9 Å². The smallest absolute Gasteiger partial charge is 0.320 e. The van der Waals surface area contributed by atoms with Gasteiger partial charge in [0.15, 0.2) is 5.92 Å². The molecule has 1 fully saturated rings. The fourth-order valence-electron chi connectivity index (χ4n) is 4.72. The molecule has 6 N–H and O–H groups in total. The Morgan fingerprint density at radius 1 is 1.00 bits per heavy atom. The minimum Gasteiger partial charge on any atom is -0.494 e. The number of carbonyl (C=O) groups excluding carboxylic acids is 1. The van der Waals surface area contributed by atoms with E-state index in [-0.39, 0.29) is 11.3 Å². The standard InChI is InChI=1S/C30H32ClNO8S/c1-2-39-20-8-3-16(4-9-20)13-19-14-18(7-12-22(19)31)28-27(35)26(34)25(33)23(40-28)15-41-21-10-5-17(6-11-21)24(29(32)36)30(37)38/h3-12,14,23-28,33-35H,2,13,15H2,1H3,(H2,32,36)(H,37,38)/t23-,24?,25-,26+,27-,28+/m1/s1. The summed E-state index contributed by atoms with van der Waals surface area (Å²) in [6, 6.07) is 19.3. The lowest BCUT2D eigenvalue weighted by Crippen LogP contribution is -2.54. The second kappa shape index (κ2) is 13.7. The fourth-order valence-corrected chi connectivity index (χ4v) is 5.87. The van der Waals surface area contributed by atoms with Crippen LogP contribution in [0.2, 0.25) is 5.02 Å². The number of hydrogen-bond acceptors (Lipinski definition) is 8. The van der Waals surface area contributed by atoms with Gasteiger partial charge in [0.2, 0.25) is 5.91 Å². The average Bonchev–Trinajstić information content (AvgIpc) is 2.94. The lowest BCUT2D eigenvalue weighted by atomic mass is 9.90. The molecule has 218 valence electrons. The third kappa shape index (κ3) is 7.40. The molecule has 9 nitrogen and oxygen atoms in total. The minimum absolute atomic E-state index is 0.228. The Morgan fingerprint density at radius 3 is 2.29 bits per heavy atom. The van der Waals surface area contributed by atoms with Crippen molar-refractivity contribution in [2.45, 2.75) is 54.7 Å². The molecule has 6 atom stereocenters. The number of hydrogen-bond donors (Lipinski definition) is 5. The van der Waals surface area contributed by atoms with Crippen LogP contribution >= 0.6 is 23.4 Å². The van der Waals surface area contributed by atoms with Crippen LogP contribution in [0, 0.1) is 0 Å². The van der Waals surface area contributed by atoms with Crippen LogP contribution in [0.15, 0.2) is 71.6 Å². The van der Waals surface area contributed by atoms with Gasteiger partial charge in [0, 0.05) is 15.7 Å². The molecule has 1 aliphatic rings. The van der Waals surface area contributed by atoms with E-state index in [0.717, 1.165) is 21.8 Å². The molecular weight excluding hydrogens is 570 g/mol. The van der Waals surface area contributed by atoms with Crippen molar-refractivity contribution in [1.82, 2.24) is 0 Å². The molecule has 0 aliphatic carbocycles. The summed E-state index contributed by atoms with van der Waals surface area (Å²) in [4.78, 5) is 23.6. The Balaban J connectivity index is 1.47. The molecule has 1 unspecified atom stereocenters. The highest BCUT2D eigenvalue weighted by Gasteiger charge is 2.44. The van der Waals surface area contributed by atoms with Crippen molar-refractivity contribution >= 4 is 35.2 Å². The van der Waals surface area contributed by atoms with E-state index in [9.17, 15) is 30.0 Å². The maximum Gasteiger partial charge on any atom is 0.320 e. The lowest BCUT2D eigenvalue weighted by Gasteiger charge is -2.41. The van der Waals surface area contributed by atoms with Crippen LogP contribution in [0.3, 0.4) is 0 Å². The number of primary amides is 1. The molecule has 0 aromatic heterocycles. The molecule has 41 heavy (non-hydrogen) atoms. The van der Waals surface area contributed by atoms with Gasteiger partial charge in [-0.15, -0.1) is 11.8 Å². The quantitative estimate of drug-likeness (QED) is 0.164. The zero-order chi connectivity index (χ0) is 29.7. The van der Waals surface area contributed by atoms with Crippen molar-refractivity contribution in [3.05, 3.63) is 94.0 Å². The summed E-state index contributed by atoms with van der Waals surface area (Å²) in [5, 5.41) is 41.9. The molecular formula is C30H32ClNO8S. The van der Waals surface area contributed by atoms with Gasteiger partial charge in [0.25, 0.3) is 0 Å². The summed E-state index contributed by atoms with van der Waals surface area (Å²) in [5.41, 5.74) is 7.90. The number of ether oxygens (including phenoxy) is 2. The molecule has 0 bridgehead atoms. The third-order valence-electron chi connectivity index (χ3n) is 6.90. The number of rotatable bonds is 11. The fraction of sp³-hybridized carbons (Fsp3) is 0.333. The predicted octanol–water partition coefficient (Wildman–Crippen LogP) is 3.30. The highest BCUT2D eigenvalue weighted by atomic mass is 35.5. The molecule has 0 radical (unpaired) electrons. The van der Waals surface area contributed by atoms with Crippen LogP contribution in [0.5, 0.6) is 5.75 Å². The zero-order valence-corrected chi connectivity index (χ0v) is 23.8. The first kappa shape index (κ1) is 30.8. The van der Waals surface area contributed by atoms with Crippen LogP contribution < -0.4 is 10.5 Å². The summed E-state index contributed by atoms with van der Waals surface area (Å²) >= 11 is 7.79. The summed E-state index contributed by atoms with van der Waals surface area (Å²) in [6.45, 7) is 2.50. The second-order valence-electron chi connectivity index (χ2n) is 9.73. The maximum atomic E-state index is 11.5. The van der Waals surface area contributed by atoms with Crippen LogP contribution in [-0.2, 0) is 20.7 Å². The van der Waals surface area contributed by atoms with Crippen LogP contribution in [0.1, 0.15) is 41.2 Å². The number of amides is 1. The topological polar surface area (TPSA) is 160 Å². The van der Waals surface area contributed by atoms with Crippen molar-refractivity contribution in [2.24, 2.45) is 5.73 Å². The Morgan fingerprint density at radius 2 is 1.68 bits per heavy atom. The predicted molar refractivity (Wildman–Crippen MR) is 154 cm³/mol. The van der Waals surface area contributed by atoms with Gasteiger partial charge < -0.3 is 35.6 Å². The molecule has 4 rings (SSSR count). The van der Waals surface area contributed by atoms with Crippen LogP contribution in [-0.4, -0.2) is 69.1 Å². The first-order chi connectivity index (χ1) is 19.6. The van der Waals surface area contributed by atoms with Gasteiger partial charge in [0.1, 0.15) is 30.2 Å². The summed E-state index contributed by atoms with van der Waals surface area (Å²) < 4.78 is 11.6. The molecule has 1 aliphatic heterocycles. The van der Waals surface area contributed by atoms with Gasteiger partial charge in [-0.1, -0.05) is 48.0 Å². The largest absolute Gasteiger partial charge is 0.494 e. The number of carbonyl (C=O) groups is 2.